The number of carbonyl (C=O) groups excluding carboxylic acids is 1. The Kier molecular flexibility index (Phi) is 3.91. The number of ketones is 1. The van der Waals surface area contributed by atoms with Gasteiger partial charge < -0.3 is 10.4 Å². The van der Waals surface area contributed by atoms with E-state index in [4.69, 9.17) is 0 Å². The normalized spacial score (nSPS) is 21.0. The summed E-state index contributed by atoms with van der Waals surface area (Å²) in [4.78, 5) is 15.8. The molecule has 5 heteroatoms. The zero-order valence-electron chi connectivity index (χ0n) is 9.19. The van der Waals surface area contributed by atoms with Crippen LogP contribution in [0.1, 0.15) is 12.0 Å². The highest BCUT2D eigenvalue weighted by atomic mass is 79.9. The first-order valence-electron chi connectivity index (χ1n) is 5.42. The van der Waals surface area contributed by atoms with Gasteiger partial charge in [-0.15, -0.1) is 0 Å². The van der Waals surface area contributed by atoms with Crippen LogP contribution < -0.4 is 5.32 Å². The Labute approximate surface area is 108 Å². The maximum absolute atomic E-state index is 11.5. The Morgan fingerprint density at radius 2 is 2.35 bits per heavy atom. The molecule has 0 saturated carbocycles. The smallest absolute Gasteiger partial charge is 0.159 e. The van der Waals surface area contributed by atoms with E-state index >= 15 is 0 Å². The van der Waals surface area contributed by atoms with Crippen LogP contribution in [0.2, 0.25) is 0 Å². The van der Waals surface area contributed by atoms with Gasteiger partial charge in [-0.3, -0.25) is 9.79 Å². The molecule has 1 aromatic rings. The maximum Gasteiger partial charge on any atom is 0.159 e. The number of halogens is 1. The number of aliphatic imine (C=N–C) groups is 1. The van der Waals surface area contributed by atoms with E-state index in [1.54, 1.807) is 24.4 Å². The van der Waals surface area contributed by atoms with Gasteiger partial charge in [-0.25, -0.2) is 0 Å². The first kappa shape index (κ1) is 12.3. The van der Waals surface area contributed by atoms with Crippen LogP contribution in [0.3, 0.4) is 0 Å². The molecule has 0 spiro atoms. The molecule has 1 atom stereocenters. The van der Waals surface area contributed by atoms with Crippen LogP contribution in [0, 0.1) is 0 Å². The molecule has 0 aromatic heterocycles. The lowest BCUT2D eigenvalue weighted by atomic mass is 10.1. The number of hydrogen-bond acceptors (Lipinski definition) is 4. The molecule has 1 aromatic carbocycles. The van der Waals surface area contributed by atoms with Crippen LogP contribution in [0.15, 0.2) is 27.7 Å². The van der Waals surface area contributed by atoms with E-state index in [9.17, 15) is 9.90 Å². The molecule has 2 N–H and O–H groups in total. The molecule has 1 saturated heterocycles. The van der Waals surface area contributed by atoms with Crippen molar-refractivity contribution in [3.63, 3.8) is 0 Å². The fourth-order valence-electron chi connectivity index (χ4n) is 1.67. The van der Waals surface area contributed by atoms with Gasteiger partial charge in [-0.2, -0.15) is 0 Å². The summed E-state index contributed by atoms with van der Waals surface area (Å²) in [6.07, 6.45) is 2.07. The first-order valence-corrected chi connectivity index (χ1v) is 6.21. The maximum atomic E-state index is 11.5. The van der Waals surface area contributed by atoms with Gasteiger partial charge in [0, 0.05) is 35.8 Å². The third-order valence-electron chi connectivity index (χ3n) is 2.64. The van der Waals surface area contributed by atoms with Crippen molar-refractivity contribution in [1.29, 1.82) is 0 Å². The molecule has 90 valence electrons. The number of phenolic OH excluding ortho intramolecular Hbond substituents is 1. The number of hydrogen-bond donors (Lipinski definition) is 2. The Morgan fingerprint density at radius 1 is 1.53 bits per heavy atom. The fraction of sp³-hybridized carbons (Fsp3) is 0.333. The summed E-state index contributed by atoms with van der Waals surface area (Å²) in [6.45, 7) is 1.30. The van der Waals surface area contributed by atoms with Crippen molar-refractivity contribution in [2.24, 2.45) is 4.99 Å². The first-order chi connectivity index (χ1) is 8.16. The van der Waals surface area contributed by atoms with E-state index < -0.39 is 0 Å². The molecule has 4 nitrogen and oxygen atoms in total. The summed E-state index contributed by atoms with van der Waals surface area (Å²) in [5.74, 6) is 0.308. The minimum Gasteiger partial charge on any atom is -0.507 e. The van der Waals surface area contributed by atoms with E-state index in [-0.39, 0.29) is 17.6 Å². The predicted octanol–water partition coefficient (Wildman–Crippen LogP) is 1.50. The molecule has 1 aliphatic rings. The van der Waals surface area contributed by atoms with E-state index in [2.05, 4.69) is 26.2 Å². The second-order valence-corrected chi connectivity index (χ2v) is 4.83. The number of phenols is 1. The lowest BCUT2D eigenvalue weighted by molar-refractivity contribution is -0.120. The van der Waals surface area contributed by atoms with Crippen molar-refractivity contribution >= 4 is 27.9 Å². The van der Waals surface area contributed by atoms with Crippen molar-refractivity contribution in [2.45, 2.75) is 12.5 Å². The number of nitrogens with zero attached hydrogens (tertiary/aromatic N) is 1. The van der Waals surface area contributed by atoms with Crippen molar-refractivity contribution in [3.05, 3.63) is 28.2 Å². The highest BCUT2D eigenvalue weighted by molar-refractivity contribution is 9.10. The standard InChI is InChI=1S/C12H13BrN2O2/c13-9-1-2-11(16)8(5-9)6-15-10-7-14-4-3-12(10)17/h1-2,5-6,10,14,16H,3-4,7H2. The minimum atomic E-state index is -0.331. The lowest BCUT2D eigenvalue weighted by Crippen LogP contribution is -2.39. The Hall–Kier alpha value is -1.20. The van der Waals surface area contributed by atoms with E-state index in [1.807, 2.05) is 0 Å². The monoisotopic (exact) mass is 296 g/mol. The third-order valence-corrected chi connectivity index (χ3v) is 3.13. The number of carbonyl (C=O) groups is 1. The zero-order chi connectivity index (χ0) is 12.3. The van der Waals surface area contributed by atoms with Gasteiger partial charge in [0.15, 0.2) is 5.78 Å². The van der Waals surface area contributed by atoms with Gasteiger partial charge in [-0.1, -0.05) is 15.9 Å². The third kappa shape index (κ3) is 3.14. The second kappa shape index (κ2) is 5.42. The summed E-state index contributed by atoms with van der Waals surface area (Å²) in [5, 5.41) is 12.7. The summed E-state index contributed by atoms with van der Waals surface area (Å²) in [7, 11) is 0. The quantitative estimate of drug-likeness (QED) is 0.813. The molecule has 1 unspecified atom stereocenters. The average molecular weight is 297 g/mol. The van der Waals surface area contributed by atoms with Gasteiger partial charge in [0.1, 0.15) is 11.8 Å². The second-order valence-electron chi connectivity index (χ2n) is 3.92. The number of Topliss-reactive ketones (excluding diaryl/α,β-unsaturated/α-hetero) is 1. The van der Waals surface area contributed by atoms with Crippen molar-refractivity contribution in [2.75, 3.05) is 13.1 Å². The molecular formula is C12H13BrN2O2. The van der Waals surface area contributed by atoms with Gasteiger partial charge in [0.2, 0.25) is 0 Å². The SMILES string of the molecule is O=C1CCNCC1N=Cc1cc(Br)ccc1O. The van der Waals surface area contributed by atoms with Crippen LogP contribution >= 0.6 is 15.9 Å². The topological polar surface area (TPSA) is 61.7 Å². The minimum absolute atomic E-state index is 0.148. The molecule has 0 bridgehead atoms. The van der Waals surface area contributed by atoms with Gasteiger partial charge in [-0.05, 0) is 18.2 Å². The lowest BCUT2D eigenvalue weighted by Gasteiger charge is -2.17. The highest BCUT2D eigenvalue weighted by Gasteiger charge is 2.20. The Bertz CT molecular complexity index is 460. The van der Waals surface area contributed by atoms with E-state index in [0.717, 1.165) is 11.0 Å². The molecule has 1 heterocycles. The summed E-state index contributed by atoms with van der Waals surface area (Å²) >= 11 is 3.32. The van der Waals surface area contributed by atoms with Crippen LogP contribution in [0.5, 0.6) is 5.75 Å². The number of nitrogens with one attached hydrogen (secondary N) is 1. The van der Waals surface area contributed by atoms with Gasteiger partial charge in [0.25, 0.3) is 0 Å². The van der Waals surface area contributed by atoms with Crippen LogP contribution in [-0.2, 0) is 4.79 Å². The average Bonchev–Trinajstić information content (AvgIpc) is 2.32. The predicted molar refractivity (Wildman–Crippen MR) is 69.7 cm³/mol. The van der Waals surface area contributed by atoms with Crippen molar-refractivity contribution < 1.29 is 9.90 Å². The van der Waals surface area contributed by atoms with Crippen LogP contribution in [0.25, 0.3) is 0 Å². The molecule has 2 rings (SSSR count). The number of piperidine rings is 1. The molecule has 0 amide bonds. The highest BCUT2D eigenvalue weighted by Crippen LogP contribution is 2.20. The van der Waals surface area contributed by atoms with Crippen molar-refractivity contribution in [3.8, 4) is 5.75 Å². The molecular weight excluding hydrogens is 284 g/mol. The Balaban J connectivity index is 2.13. The number of aromatic hydroxyl groups is 1. The Morgan fingerprint density at radius 3 is 3.12 bits per heavy atom. The van der Waals surface area contributed by atoms with Gasteiger partial charge >= 0.3 is 0 Å². The summed E-state index contributed by atoms with van der Waals surface area (Å²) in [5.41, 5.74) is 0.609. The van der Waals surface area contributed by atoms with E-state index in [1.165, 1.54) is 0 Å². The summed E-state index contributed by atoms with van der Waals surface area (Å²) in [6, 6.07) is 4.77. The summed E-state index contributed by atoms with van der Waals surface area (Å²) < 4.78 is 0.866. The fourth-order valence-corrected chi connectivity index (χ4v) is 2.04. The molecule has 17 heavy (non-hydrogen) atoms. The van der Waals surface area contributed by atoms with Gasteiger partial charge in [0.05, 0.1) is 0 Å². The number of benzene rings is 1. The molecule has 1 aliphatic heterocycles. The molecule has 0 aliphatic carbocycles. The van der Waals surface area contributed by atoms with Crippen LogP contribution in [-0.4, -0.2) is 36.2 Å². The van der Waals surface area contributed by atoms with E-state index in [0.29, 0.717) is 18.5 Å². The largest absolute Gasteiger partial charge is 0.507 e. The molecule has 0 radical (unpaired) electrons. The number of rotatable bonds is 2. The molecule has 1 fully saturated rings. The van der Waals surface area contributed by atoms with Crippen molar-refractivity contribution in [1.82, 2.24) is 5.32 Å². The zero-order valence-corrected chi connectivity index (χ0v) is 10.8. The van der Waals surface area contributed by atoms with Crippen LogP contribution in [0.4, 0.5) is 0 Å².